The molecule has 0 saturated carbocycles. The van der Waals surface area contributed by atoms with E-state index in [2.05, 4.69) is 20.4 Å². The van der Waals surface area contributed by atoms with Crippen LogP contribution in [0, 0.1) is 0 Å². The Bertz CT molecular complexity index is 1430. The van der Waals surface area contributed by atoms with Crippen LogP contribution in [-0.4, -0.2) is 99.4 Å². The van der Waals surface area contributed by atoms with Crippen LogP contribution in [0.4, 0.5) is 5.13 Å². The maximum absolute atomic E-state index is 13.1. The van der Waals surface area contributed by atoms with Crippen molar-refractivity contribution in [2.45, 2.75) is 17.8 Å². The molecule has 2 aromatic heterocycles. The van der Waals surface area contributed by atoms with E-state index in [9.17, 15) is 29.4 Å². The van der Waals surface area contributed by atoms with Gasteiger partial charge in [0.1, 0.15) is 30.8 Å². The number of nitrogens with zero attached hydrogens (tertiary/aromatic N) is 4. The smallest absolute Gasteiger partial charge is 0.276 e. The third kappa shape index (κ3) is 5.91. The Balaban J connectivity index is 1.47. The summed E-state index contributed by atoms with van der Waals surface area (Å²) in [7, 11) is 5.06. The number of pyridine rings is 1. The second kappa shape index (κ2) is 11.1. The molecule has 4 heterocycles. The Morgan fingerprint density at radius 2 is 2.15 bits per heavy atom. The first kappa shape index (κ1) is 28.1. The molecule has 0 aromatic carbocycles. The predicted molar refractivity (Wildman–Crippen MR) is 141 cm³/mol. The first-order valence-corrected chi connectivity index (χ1v) is 13.6. The summed E-state index contributed by atoms with van der Waals surface area (Å²) >= 11 is 2.44. The van der Waals surface area contributed by atoms with Gasteiger partial charge in [0, 0.05) is 41.1 Å². The van der Waals surface area contributed by atoms with Gasteiger partial charge in [-0.25, -0.2) is 4.98 Å². The molecule has 39 heavy (non-hydrogen) atoms. The Kier molecular flexibility index (Phi) is 7.99. The number of hydrogen-bond donors (Lipinski definition) is 4. The number of rotatable bonds is 10. The number of thioether (sulfide) groups is 1. The molecular weight excluding hydrogens is 550 g/mol. The maximum Gasteiger partial charge on any atom is 0.276 e. The van der Waals surface area contributed by atoms with Gasteiger partial charge in [-0.2, -0.15) is 0 Å². The van der Waals surface area contributed by atoms with Crippen LogP contribution in [0.3, 0.4) is 0 Å². The number of aromatic nitrogens is 2. The number of carboxylic acids is 1. The number of nitrogens with two attached hydrogens (primary N) is 1. The van der Waals surface area contributed by atoms with E-state index in [4.69, 9.17) is 10.6 Å². The molecule has 1 saturated heterocycles. The molecule has 2 aromatic rings. The van der Waals surface area contributed by atoms with Crippen LogP contribution in [0.15, 0.2) is 38.9 Å². The van der Waals surface area contributed by atoms with Gasteiger partial charge in [0.25, 0.3) is 11.8 Å². The van der Waals surface area contributed by atoms with E-state index in [1.54, 1.807) is 0 Å². The molecule has 208 valence electrons. The summed E-state index contributed by atoms with van der Waals surface area (Å²) in [6, 6.07) is 0.340. The Morgan fingerprint density at radius 3 is 2.77 bits per heavy atom. The summed E-state index contributed by atoms with van der Waals surface area (Å²) in [5.41, 5.74) is 6.14. The molecule has 2 amide bonds. The zero-order valence-electron chi connectivity index (χ0n) is 21.3. The van der Waals surface area contributed by atoms with Gasteiger partial charge in [0.2, 0.25) is 5.43 Å². The molecule has 0 radical (unpaired) electrons. The molecule has 14 nitrogen and oxygen atoms in total. The van der Waals surface area contributed by atoms with E-state index in [1.807, 2.05) is 14.1 Å². The third-order valence-corrected chi connectivity index (χ3v) is 8.26. The fourth-order valence-electron chi connectivity index (χ4n) is 4.36. The fourth-order valence-corrected chi connectivity index (χ4v) is 6.25. The van der Waals surface area contributed by atoms with Crippen molar-refractivity contribution < 1.29 is 33.9 Å². The Hall–Kier alpha value is -3.89. The minimum absolute atomic E-state index is 0.164. The molecule has 0 unspecified atom stereocenters. The van der Waals surface area contributed by atoms with E-state index in [-0.39, 0.29) is 28.0 Å². The maximum atomic E-state index is 13.1. The SMILES string of the molecule is CON=C(C(=O)N[C@@H]1C(=O)N2C(C(=O)[O-])=C(C[N+](C)(C)CCc3cc(=O)c(O)c[nH]3)CS[C@@H]12)c1csc(N)n1. The molecule has 0 bridgehead atoms. The third-order valence-electron chi connectivity index (χ3n) is 6.25. The lowest BCUT2D eigenvalue weighted by Crippen LogP contribution is -2.71. The molecule has 2 aliphatic heterocycles. The quantitative estimate of drug-likeness (QED) is 0.108. The van der Waals surface area contributed by atoms with Gasteiger partial charge in [-0.3, -0.25) is 19.3 Å². The number of carbonyl (C=O) groups is 3. The van der Waals surface area contributed by atoms with Crippen molar-refractivity contribution in [3.05, 3.63) is 50.5 Å². The van der Waals surface area contributed by atoms with Crippen LogP contribution in [0.25, 0.3) is 0 Å². The molecule has 16 heteroatoms. The summed E-state index contributed by atoms with van der Waals surface area (Å²) < 4.78 is 0.357. The minimum Gasteiger partial charge on any atom is -0.543 e. The number of hydrogen-bond acceptors (Lipinski definition) is 12. The van der Waals surface area contributed by atoms with Crippen molar-refractivity contribution in [1.82, 2.24) is 20.2 Å². The predicted octanol–water partition coefficient (Wildman–Crippen LogP) is -1.81. The number of fused-ring (bicyclic) bond motifs is 1. The number of aliphatic carboxylic acids is 1. The Labute approximate surface area is 230 Å². The van der Waals surface area contributed by atoms with E-state index >= 15 is 0 Å². The van der Waals surface area contributed by atoms with E-state index in [0.29, 0.717) is 41.0 Å². The number of β-lactam (4-membered cyclic amide) rings is 1. The van der Waals surface area contributed by atoms with Crippen molar-refractivity contribution in [2.24, 2.45) is 5.16 Å². The number of likely N-dealkylation sites (N-methyl/N-ethyl adjacent to an activating group) is 1. The van der Waals surface area contributed by atoms with Crippen molar-refractivity contribution in [1.29, 1.82) is 0 Å². The minimum atomic E-state index is -1.48. The second-order valence-electron chi connectivity index (χ2n) is 9.57. The standard InChI is InChI=1S/C23H27N7O7S2/c1-30(2,5-4-12-6-14(31)15(32)7-25-12)8-11-9-38-21-17(20(34)29(21)18(11)22(35)36)27-19(33)16(28-37-3)13-10-39-23(24)26-13/h6-7,10,17,21H,4-5,8-9H2,1-3H3,(H5-,24,25,26,27,28,31,32,33,35,36)/t17-,21+/m1/s1. The molecule has 4 rings (SSSR count). The Morgan fingerprint density at radius 1 is 1.41 bits per heavy atom. The van der Waals surface area contributed by atoms with Crippen molar-refractivity contribution in [2.75, 3.05) is 45.8 Å². The lowest BCUT2D eigenvalue weighted by Gasteiger charge is -2.51. The van der Waals surface area contributed by atoms with Gasteiger partial charge in [0.05, 0.1) is 32.3 Å². The average Bonchev–Trinajstić information content (AvgIpc) is 3.31. The number of anilines is 1. The average molecular weight is 578 g/mol. The number of H-pyrrole nitrogens is 1. The first-order valence-electron chi connectivity index (χ1n) is 11.7. The monoisotopic (exact) mass is 577 g/mol. The number of aromatic amines is 1. The highest BCUT2D eigenvalue weighted by molar-refractivity contribution is 8.00. The number of carbonyl (C=O) groups excluding carboxylic acids is 3. The summed E-state index contributed by atoms with van der Waals surface area (Å²) in [6.45, 7) is 0.843. The molecule has 1 fully saturated rings. The van der Waals surface area contributed by atoms with Gasteiger partial charge < -0.3 is 40.4 Å². The van der Waals surface area contributed by atoms with Crippen molar-refractivity contribution in [3.8, 4) is 5.75 Å². The van der Waals surface area contributed by atoms with Crippen LogP contribution in [0.2, 0.25) is 0 Å². The van der Waals surface area contributed by atoms with Crippen LogP contribution in [-0.2, 0) is 25.6 Å². The molecule has 2 atom stereocenters. The largest absolute Gasteiger partial charge is 0.543 e. The van der Waals surface area contributed by atoms with Crippen molar-refractivity contribution in [3.63, 3.8) is 0 Å². The summed E-state index contributed by atoms with van der Waals surface area (Å²) in [5.74, 6) is -2.83. The molecular formula is C23H27N7O7S2. The molecule has 5 N–H and O–H groups in total. The number of amides is 2. The second-order valence-corrected chi connectivity index (χ2v) is 11.6. The van der Waals surface area contributed by atoms with E-state index in [1.165, 1.54) is 36.5 Å². The highest BCUT2D eigenvalue weighted by atomic mass is 32.2. The van der Waals surface area contributed by atoms with Gasteiger partial charge in [-0.05, 0) is 0 Å². The zero-order chi connectivity index (χ0) is 28.5. The normalized spacial score (nSPS) is 19.4. The van der Waals surface area contributed by atoms with Crippen LogP contribution in [0.5, 0.6) is 5.75 Å². The van der Waals surface area contributed by atoms with E-state index < -0.39 is 34.6 Å². The molecule has 2 aliphatic rings. The highest BCUT2D eigenvalue weighted by Gasteiger charge is 2.53. The summed E-state index contributed by atoms with van der Waals surface area (Å²) in [4.78, 5) is 62.6. The summed E-state index contributed by atoms with van der Waals surface area (Å²) in [5, 5.41) is 29.0. The fraction of sp³-hybridized carbons (Fsp3) is 0.391. The molecule has 0 aliphatic carbocycles. The number of carboxylic acid groups (broad SMARTS) is 1. The van der Waals surface area contributed by atoms with Gasteiger partial charge in [0.15, 0.2) is 16.6 Å². The number of aromatic hydroxyl groups is 1. The molecule has 0 spiro atoms. The van der Waals surface area contributed by atoms with Crippen LogP contribution < -0.4 is 21.6 Å². The first-order chi connectivity index (χ1) is 18.4. The van der Waals surface area contributed by atoms with Gasteiger partial charge >= 0.3 is 0 Å². The lowest BCUT2D eigenvalue weighted by molar-refractivity contribution is -0.885. The number of quaternary nitrogens is 1. The number of thiazole rings is 1. The summed E-state index contributed by atoms with van der Waals surface area (Å²) in [6.07, 6.45) is 1.70. The van der Waals surface area contributed by atoms with Gasteiger partial charge in [-0.15, -0.1) is 23.1 Å². The van der Waals surface area contributed by atoms with Crippen molar-refractivity contribution >= 4 is 51.7 Å². The topological polar surface area (TPSA) is 203 Å². The van der Waals surface area contributed by atoms with Crippen LogP contribution >= 0.6 is 23.1 Å². The highest BCUT2D eigenvalue weighted by Crippen LogP contribution is 2.40. The zero-order valence-corrected chi connectivity index (χ0v) is 22.9. The van der Waals surface area contributed by atoms with Gasteiger partial charge in [-0.1, -0.05) is 5.16 Å². The number of oxime groups is 1. The number of nitrogen functional groups attached to an aromatic ring is 1. The number of nitrogens with one attached hydrogen (secondary N) is 2. The lowest BCUT2D eigenvalue weighted by atomic mass is 10.0. The van der Waals surface area contributed by atoms with Crippen LogP contribution in [0.1, 0.15) is 11.4 Å². The van der Waals surface area contributed by atoms with E-state index in [0.717, 1.165) is 16.2 Å².